The Labute approximate surface area is 120 Å². The molecule has 98 valence electrons. The van der Waals surface area contributed by atoms with Crippen LogP contribution < -0.4 is 5.43 Å². The lowest BCUT2D eigenvalue weighted by atomic mass is 10.1. The minimum absolute atomic E-state index is 0.216. The zero-order valence-corrected chi connectivity index (χ0v) is 10.9. The highest BCUT2D eigenvalue weighted by atomic mass is 15.3. The Kier molecular flexibility index (Phi) is 3.16. The van der Waals surface area contributed by atoms with E-state index in [2.05, 4.69) is 15.5 Å². The van der Waals surface area contributed by atoms with Gasteiger partial charge in [0.05, 0.1) is 16.7 Å². The lowest BCUT2D eigenvalue weighted by Gasteiger charge is -2.04. The Morgan fingerprint density at radius 3 is 2.52 bits per heavy atom. The number of benzene rings is 2. The van der Waals surface area contributed by atoms with Crippen molar-refractivity contribution >= 4 is 33.2 Å². The second-order valence-corrected chi connectivity index (χ2v) is 4.38. The van der Waals surface area contributed by atoms with E-state index in [0.29, 0.717) is 5.69 Å². The molecule has 5 nitrogen and oxygen atoms in total. The number of rotatable bonds is 2. The zero-order chi connectivity index (χ0) is 14.7. The van der Waals surface area contributed by atoms with Crippen LogP contribution in [0, 0.1) is 22.7 Å². The van der Waals surface area contributed by atoms with Gasteiger partial charge in [-0.05, 0) is 30.3 Å². The number of aromatic nitrogens is 1. The third-order valence-corrected chi connectivity index (χ3v) is 3.02. The van der Waals surface area contributed by atoms with E-state index in [-0.39, 0.29) is 5.71 Å². The first-order valence-electron chi connectivity index (χ1n) is 6.23. The number of nitriles is 2. The number of hydrogen-bond acceptors (Lipinski definition) is 5. The fourth-order valence-corrected chi connectivity index (χ4v) is 2.05. The summed E-state index contributed by atoms with van der Waals surface area (Å²) in [5.41, 5.74) is 5.01. The summed E-state index contributed by atoms with van der Waals surface area (Å²) in [6.45, 7) is 0. The van der Waals surface area contributed by atoms with E-state index in [1.54, 1.807) is 18.2 Å². The van der Waals surface area contributed by atoms with Crippen molar-refractivity contribution < 1.29 is 0 Å². The predicted molar refractivity (Wildman–Crippen MR) is 81.5 cm³/mol. The summed E-state index contributed by atoms with van der Waals surface area (Å²) >= 11 is 0. The van der Waals surface area contributed by atoms with E-state index in [1.807, 2.05) is 42.5 Å². The van der Waals surface area contributed by atoms with Gasteiger partial charge in [0.15, 0.2) is 0 Å². The normalized spacial score (nSPS) is 9.81. The van der Waals surface area contributed by atoms with Crippen molar-refractivity contribution in [3.63, 3.8) is 0 Å². The van der Waals surface area contributed by atoms with E-state index >= 15 is 0 Å². The fraction of sp³-hybridized carbons (Fsp3) is 0. The fourth-order valence-electron chi connectivity index (χ4n) is 2.05. The molecule has 2 aromatic carbocycles. The summed E-state index contributed by atoms with van der Waals surface area (Å²) in [5, 5.41) is 23.0. The standard InChI is InChI=1S/C16H9N5/c17-9-14(10-18)21-20-13-5-6-16-12(8-13)7-11-3-1-2-4-15(11)19-16/h1-8,20H. The van der Waals surface area contributed by atoms with E-state index in [1.165, 1.54) is 0 Å². The molecule has 0 atom stereocenters. The number of nitrogens with zero attached hydrogens (tertiary/aromatic N) is 4. The Balaban J connectivity index is 2.04. The van der Waals surface area contributed by atoms with Crippen molar-refractivity contribution in [2.45, 2.75) is 0 Å². The lowest BCUT2D eigenvalue weighted by molar-refractivity contribution is 1.34. The first-order valence-corrected chi connectivity index (χ1v) is 6.23. The van der Waals surface area contributed by atoms with E-state index < -0.39 is 0 Å². The molecule has 0 saturated heterocycles. The molecule has 5 heteroatoms. The number of anilines is 1. The summed E-state index contributed by atoms with van der Waals surface area (Å²) in [6, 6.07) is 18.9. The van der Waals surface area contributed by atoms with Gasteiger partial charge >= 0.3 is 0 Å². The summed E-state index contributed by atoms with van der Waals surface area (Å²) in [4.78, 5) is 4.58. The monoisotopic (exact) mass is 271 g/mol. The van der Waals surface area contributed by atoms with Crippen LogP contribution in [0.25, 0.3) is 21.8 Å². The Morgan fingerprint density at radius 2 is 1.71 bits per heavy atom. The second-order valence-electron chi connectivity index (χ2n) is 4.38. The topological polar surface area (TPSA) is 84.9 Å². The minimum Gasteiger partial charge on any atom is -0.276 e. The molecule has 0 spiro atoms. The molecule has 0 fully saturated rings. The number of nitrogens with one attached hydrogen (secondary N) is 1. The van der Waals surface area contributed by atoms with Gasteiger partial charge in [0.25, 0.3) is 0 Å². The summed E-state index contributed by atoms with van der Waals surface area (Å²) in [7, 11) is 0. The number of pyridine rings is 1. The highest BCUT2D eigenvalue weighted by Gasteiger charge is 2.01. The Morgan fingerprint density at radius 1 is 0.952 bits per heavy atom. The predicted octanol–water partition coefficient (Wildman–Crippen LogP) is 3.20. The first kappa shape index (κ1) is 12.6. The average molecular weight is 271 g/mol. The summed E-state index contributed by atoms with van der Waals surface area (Å²) < 4.78 is 0. The number of hydrazone groups is 1. The molecule has 0 saturated carbocycles. The largest absolute Gasteiger partial charge is 0.276 e. The van der Waals surface area contributed by atoms with Crippen LogP contribution in [0.4, 0.5) is 5.69 Å². The molecular weight excluding hydrogens is 262 g/mol. The van der Waals surface area contributed by atoms with Gasteiger partial charge in [0.1, 0.15) is 12.1 Å². The van der Waals surface area contributed by atoms with Crippen LogP contribution in [0.5, 0.6) is 0 Å². The van der Waals surface area contributed by atoms with Crippen molar-refractivity contribution in [2.75, 3.05) is 5.43 Å². The molecule has 0 bridgehead atoms. The average Bonchev–Trinajstić information content (AvgIpc) is 2.53. The van der Waals surface area contributed by atoms with Gasteiger partial charge in [-0.25, -0.2) is 4.98 Å². The molecule has 1 N–H and O–H groups in total. The smallest absolute Gasteiger partial charge is 0.237 e. The molecule has 0 aliphatic carbocycles. The third kappa shape index (κ3) is 2.49. The molecule has 21 heavy (non-hydrogen) atoms. The van der Waals surface area contributed by atoms with Crippen molar-refractivity contribution in [3.05, 3.63) is 48.5 Å². The van der Waals surface area contributed by atoms with Crippen LogP contribution >= 0.6 is 0 Å². The number of fused-ring (bicyclic) bond motifs is 2. The molecule has 3 rings (SSSR count). The Bertz CT molecular complexity index is 928. The third-order valence-electron chi connectivity index (χ3n) is 3.02. The van der Waals surface area contributed by atoms with Gasteiger partial charge in [-0.15, -0.1) is 0 Å². The van der Waals surface area contributed by atoms with Crippen molar-refractivity contribution in [3.8, 4) is 12.1 Å². The molecule has 0 aliphatic rings. The van der Waals surface area contributed by atoms with Crippen molar-refractivity contribution in [1.29, 1.82) is 10.5 Å². The van der Waals surface area contributed by atoms with Crippen LogP contribution in [0.3, 0.4) is 0 Å². The van der Waals surface area contributed by atoms with Crippen LogP contribution in [0.15, 0.2) is 53.6 Å². The highest BCUT2D eigenvalue weighted by Crippen LogP contribution is 2.22. The van der Waals surface area contributed by atoms with Crippen LogP contribution in [0.2, 0.25) is 0 Å². The van der Waals surface area contributed by atoms with Gasteiger partial charge in [-0.2, -0.15) is 15.6 Å². The molecule has 0 radical (unpaired) electrons. The molecule has 1 aromatic heterocycles. The maximum atomic E-state index is 8.64. The van der Waals surface area contributed by atoms with Crippen LogP contribution in [-0.4, -0.2) is 10.7 Å². The molecule has 1 heterocycles. The number of para-hydroxylation sites is 1. The summed E-state index contributed by atoms with van der Waals surface area (Å²) in [5.74, 6) is 0. The minimum atomic E-state index is -0.216. The van der Waals surface area contributed by atoms with Crippen molar-refractivity contribution in [2.24, 2.45) is 5.10 Å². The molecule has 0 aliphatic heterocycles. The van der Waals surface area contributed by atoms with Crippen LogP contribution in [0.1, 0.15) is 0 Å². The van der Waals surface area contributed by atoms with Gasteiger partial charge in [-0.3, -0.25) is 5.43 Å². The first-order chi connectivity index (χ1) is 10.3. The lowest BCUT2D eigenvalue weighted by Crippen LogP contribution is -1.96. The van der Waals surface area contributed by atoms with Gasteiger partial charge in [0.2, 0.25) is 5.71 Å². The zero-order valence-electron chi connectivity index (χ0n) is 10.9. The van der Waals surface area contributed by atoms with Crippen LogP contribution in [-0.2, 0) is 0 Å². The molecule has 0 unspecified atom stereocenters. The second kappa shape index (κ2) is 5.28. The number of hydrogen-bond donors (Lipinski definition) is 1. The van der Waals surface area contributed by atoms with E-state index in [4.69, 9.17) is 10.5 Å². The summed E-state index contributed by atoms with van der Waals surface area (Å²) in [6.07, 6.45) is 0. The highest BCUT2D eigenvalue weighted by molar-refractivity contribution is 6.10. The van der Waals surface area contributed by atoms with Gasteiger partial charge in [0, 0.05) is 10.8 Å². The van der Waals surface area contributed by atoms with Gasteiger partial charge < -0.3 is 0 Å². The Hall–Kier alpha value is -3.44. The SMILES string of the molecule is N#CC(C#N)=NNc1ccc2nc3ccccc3cc2c1. The quantitative estimate of drug-likeness (QED) is 0.440. The van der Waals surface area contributed by atoms with Crippen molar-refractivity contribution in [1.82, 2.24) is 4.98 Å². The molecular formula is C16H9N5. The maximum Gasteiger partial charge on any atom is 0.237 e. The molecule has 3 aromatic rings. The van der Waals surface area contributed by atoms with E-state index in [0.717, 1.165) is 21.8 Å². The van der Waals surface area contributed by atoms with Gasteiger partial charge in [-0.1, -0.05) is 18.2 Å². The maximum absolute atomic E-state index is 8.64. The van der Waals surface area contributed by atoms with E-state index in [9.17, 15) is 0 Å². The molecule has 0 amide bonds.